The van der Waals surface area contributed by atoms with E-state index in [9.17, 15) is 0 Å². The van der Waals surface area contributed by atoms with E-state index in [1.165, 1.54) is 0 Å². The predicted molar refractivity (Wildman–Crippen MR) is 63.4 cm³/mol. The van der Waals surface area contributed by atoms with Crippen molar-refractivity contribution in [2.24, 2.45) is 0 Å². The fraction of sp³-hybridized carbons (Fsp3) is 0.636. The van der Waals surface area contributed by atoms with Crippen LogP contribution in [0.1, 0.15) is 19.7 Å². The van der Waals surface area contributed by atoms with E-state index in [1.807, 2.05) is 13.0 Å². The zero-order valence-electron chi connectivity index (χ0n) is 9.97. The van der Waals surface area contributed by atoms with Gasteiger partial charge in [-0.05, 0) is 20.8 Å². The fourth-order valence-electron chi connectivity index (χ4n) is 2.10. The minimum atomic E-state index is 0.222. The molecule has 0 amide bonds. The van der Waals surface area contributed by atoms with Crippen molar-refractivity contribution in [3.8, 4) is 0 Å². The van der Waals surface area contributed by atoms with Gasteiger partial charge in [0.15, 0.2) is 0 Å². The molecule has 16 heavy (non-hydrogen) atoms. The molecule has 1 aliphatic heterocycles. The molecule has 0 bridgehead atoms. The number of anilines is 2. The third kappa shape index (κ3) is 2.41. The first kappa shape index (κ1) is 11.1. The lowest BCUT2D eigenvalue weighted by Crippen LogP contribution is -2.46. The van der Waals surface area contributed by atoms with Gasteiger partial charge in [0.05, 0.1) is 12.2 Å². The van der Waals surface area contributed by atoms with E-state index in [0.717, 1.165) is 18.9 Å². The molecule has 1 fully saturated rings. The summed E-state index contributed by atoms with van der Waals surface area (Å²) < 4.78 is 5.68. The molecule has 1 aromatic heterocycles. The van der Waals surface area contributed by atoms with Crippen molar-refractivity contribution in [2.45, 2.75) is 33.0 Å². The van der Waals surface area contributed by atoms with Crippen LogP contribution < -0.4 is 10.6 Å². The van der Waals surface area contributed by atoms with Crippen molar-refractivity contribution >= 4 is 11.6 Å². The van der Waals surface area contributed by atoms with Gasteiger partial charge in [0.2, 0.25) is 0 Å². The summed E-state index contributed by atoms with van der Waals surface area (Å²) in [6.07, 6.45) is 0.445. The molecule has 0 aromatic carbocycles. The fourth-order valence-corrected chi connectivity index (χ4v) is 2.10. The van der Waals surface area contributed by atoms with Gasteiger partial charge in [-0.25, -0.2) is 9.97 Å². The number of nitrogen functional groups attached to an aromatic ring is 1. The molecule has 0 aliphatic carbocycles. The van der Waals surface area contributed by atoms with E-state index >= 15 is 0 Å². The molecule has 0 radical (unpaired) electrons. The Kier molecular flexibility index (Phi) is 2.96. The third-order valence-electron chi connectivity index (χ3n) is 2.59. The number of nitrogens with two attached hydrogens (primary N) is 1. The minimum absolute atomic E-state index is 0.222. The zero-order chi connectivity index (χ0) is 11.7. The van der Waals surface area contributed by atoms with Crippen molar-refractivity contribution < 1.29 is 4.74 Å². The summed E-state index contributed by atoms with van der Waals surface area (Å²) in [5, 5.41) is 0. The Morgan fingerprint density at radius 2 is 1.94 bits per heavy atom. The normalized spacial score (nSPS) is 25.8. The van der Waals surface area contributed by atoms with Crippen LogP contribution in [0, 0.1) is 6.92 Å². The molecule has 2 N–H and O–H groups in total. The Balaban J connectivity index is 2.22. The Bertz CT molecular complexity index is 352. The lowest BCUT2D eigenvalue weighted by Gasteiger charge is -2.36. The maximum absolute atomic E-state index is 5.73. The van der Waals surface area contributed by atoms with E-state index in [-0.39, 0.29) is 12.2 Å². The topological polar surface area (TPSA) is 64.3 Å². The second kappa shape index (κ2) is 4.25. The summed E-state index contributed by atoms with van der Waals surface area (Å²) in [6.45, 7) is 7.69. The van der Waals surface area contributed by atoms with Crippen LogP contribution >= 0.6 is 0 Å². The molecule has 1 aliphatic rings. The summed E-state index contributed by atoms with van der Waals surface area (Å²) in [6, 6.07) is 1.82. The largest absolute Gasteiger partial charge is 0.384 e. The first-order chi connectivity index (χ1) is 7.54. The maximum atomic E-state index is 5.73. The number of hydrogen-bond donors (Lipinski definition) is 1. The molecule has 0 saturated carbocycles. The van der Waals surface area contributed by atoms with Gasteiger partial charge < -0.3 is 15.4 Å². The highest BCUT2D eigenvalue weighted by Gasteiger charge is 2.23. The summed E-state index contributed by atoms with van der Waals surface area (Å²) in [4.78, 5) is 10.7. The van der Waals surface area contributed by atoms with Crippen LogP contribution in [0.25, 0.3) is 0 Å². The molecule has 1 aromatic rings. The molecule has 2 atom stereocenters. The summed E-state index contributed by atoms with van der Waals surface area (Å²) in [5.41, 5.74) is 5.73. The third-order valence-corrected chi connectivity index (χ3v) is 2.59. The first-order valence-electron chi connectivity index (χ1n) is 5.56. The van der Waals surface area contributed by atoms with Crippen LogP contribution in [0.15, 0.2) is 6.07 Å². The van der Waals surface area contributed by atoms with Gasteiger partial charge in [0.25, 0.3) is 0 Å². The van der Waals surface area contributed by atoms with Crippen molar-refractivity contribution in [1.82, 2.24) is 9.97 Å². The Morgan fingerprint density at radius 1 is 1.31 bits per heavy atom. The number of aryl methyl sites for hydroxylation is 1. The minimum Gasteiger partial charge on any atom is -0.384 e. The van der Waals surface area contributed by atoms with E-state index < -0.39 is 0 Å². The van der Waals surface area contributed by atoms with Gasteiger partial charge in [-0.1, -0.05) is 0 Å². The monoisotopic (exact) mass is 222 g/mol. The Labute approximate surface area is 95.6 Å². The predicted octanol–water partition coefficient (Wildman–Crippen LogP) is 0.981. The highest BCUT2D eigenvalue weighted by Crippen LogP contribution is 2.19. The first-order valence-corrected chi connectivity index (χ1v) is 5.56. The van der Waals surface area contributed by atoms with E-state index in [0.29, 0.717) is 11.6 Å². The molecule has 5 nitrogen and oxygen atoms in total. The molecule has 1 saturated heterocycles. The van der Waals surface area contributed by atoms with Crippen LogP contribution in [0.5, 0.6) is 0 Å². The van der Waals surface area contributed by atoms with Crippen LogP contribution in [0.2, 0.25) is 0 Å². The van der Waals surface area contributed by atoms with Gasteiger partial charge in [-0.3, -0.25) is 0 Å². The van der Waals surface area contributed by atoms with Gasteiger partial charge in [-0.2, -0.15) is 0 Å². The van der Waals surface area contributed by atoms with Crippen molar-refractivity contribution in [3.05, 3.63) is 11.9 Å². The SMILES string of the molecule is Cc1nc(N)cc(N2CC(C)OC(C)C2)n1. The van der Waals surface area contributed by atoms with Crippen LogP contribution in [-0.2, 0) is 4.74 Å². The average Bonchev–Trinajstić information content (AvgIpc) is 2.14. The summed E-state index contributed by atoms with van der Waals surface area (Å²) in [7, 11) is 0. The van der Waals surface area contributed by atoms with Gasteiger partial charge in [0.1, 0.15) is 17.5 Å². The molecular formula is C11H18N4O. The highest BCUT2D eigenvalue weighted by atomic mass is 16.5. The molecule has 2 heterocycles. The molecular weight excluding hydrogens is 204 g/mol. The number of aromatic nitrogens is 2. The number of ether oxygens (including phenoxy) is 1. The summed E-state index contributed by atoms with van der Waals surface area (Å²) in [5.74, 6) is 2.13. The highest BCUT2D eigenvalue weighted by molar-refractivity contribution is 5.47. The van der Waals surface area contributed by atoms with Crippen LogP contribution in [0.3, 0.4) is 0 Å². The Hall–Kier alpha value is -1.36. The second-order valence-electron chi connectivity index (χ2n) is 4.36. The smallest absolute Gasteiger partial charge is 0.134 e. The molecule has 0 spiro atoms. The maximum Gasteiger partial charge on any atom is 0.134 e. The lowest BCUT2D eigenvalue weighted by molar-refractivity contribution is -0.00547. The van der Waals surface area contributed by atoms with Crippen LogP contribution in [0.4, 0.5) is 11.6 Å². The second-order valence-corrected chi connectivity index (χ2v) is 4.36. The number of nitrogens with zero attached hydrogens (tertiary/aromatic N) is 3. The van der Waals surface area contributed by atoms with E-state index in [2.05, 4.69) is 28.7 Å². The van der Waals surface area contributed by atoms with E-state index in [4.69, 9.17) is 10.5 Å². The van der Waals surface area contributed by atoms with Crippen molar-refractivity contribution in [2.75, 3.05) is 23.7 Å². The number of morpholine rings is 1. The molecule has 2 rings (SSSR count). The Morgan fingerprint density at radius 3 is 2.50 bits per heavy atom. The number of rotatable bonds is 1. The van der Waals surface area contributed by atoms with Crippen LogP contribution in [-0.4, -0.2) is 35.3 Å². The number of hydrogen-bond acceptors (Lipinski definition) is 5. The molecule has 2 unspecified atom stereocenters. The summed E-state index contributed by atoms with van der Waals surface area (Å²) >= 11 is 0. The molecule has 5 heteroatoms. The van der Waals surface area contributed by atoms with Gasteiger partial charge >= 0.3 is 0 Å². The van der Waals surface area contributed by atoms with E-state index in [1.54, 1.807) is 0 Å². The quantitative estimate of drug-likeness (QED) is 0.767. The standard InChI is InChI=1S/C11H18N4O/c1-7-5-15(6-8(2)16-7)11-4-10(12)13-9(3)14-11/h4,7-8H,5-6H2,1-3H3,(H2,12,13,14). The average molecular weight is 222 g/mol. The van der Waals surface area contributed by atoms with Gasteiger partial charge in [0, 0.05) is 19.2 Å². The zero-order valence-corrected chi connectivity index (χ0v) is 9.97. The molecule has 88 valence electrons. The van der Waals surface area contributed by atoms with Gasteiger partial charge in [-0.15, -0.1) is 0 Å². The van der Waals surface area contributed by atoms with Crippen molar-refractivity contribution in [3.63, 3.8) is 0 Å². The lowest BCUT2D eigenvalue weighted by atomic mass is 10.2. The van der Waals surface area contributed by atoms with Crippen molar-refractivity contribution in [1.29, 1.82) is 0 Å².